The van der Waals surface area contributed by atoms with Crippen LogP contribution in [-0.4, -0.2) is 33.6 Å². The van der Waals surface area contributed by atoms with Crippen molar-refractivity contribution in [1.29, 1.82) is 0 Å². The number of anilines is 1. The van der Waals surface area contributed by atoms with Crippen molar-refractivity contribution in [2.75, 3.05) is 11.9 Å². The van der Waals surface area contributed by atoms with Crippen molar-refractivity contribution >= 4 is 29.1 Å². The van der Waals surface area contributed by atoms with E-state index in [0.717, 1.165) is 11.5 Å². The molecule has 0 aliphatic heterocycles. The molecular formula is C11H9N3O3S. The number of hydrogen-bond acceptors (Lipinski definition) is 5. The second kappa shape index (κ2) is 4.92. The van der Waals surface area contributed by atoms with E-state index in [0.29, 0.717) is 5.69 Å². The second-order valence-corrected chi connectivity index (χ2v) is 4.09. The highest BCUT2D eigenvalue weighted by molar-refractivity contribution is 7.03. The summed E-state index contributed by atoms with van der Waals surface area (Å²) in [6.07, 6.45) is 0. The summed E-state index contributed by atoms with van der Waals surface area (Å²) < 4.78 is 3.60. The van der Waals surface area contributed by atoms with Crippen LogP contribution in [-0.2, 0) is 0 Å². The first kappa shape index (κ1) is 12.2. The molecule has 0 radical (unpaired) electrons. The number of benzene rings is 1. The summed E-state index contributed by atoms with van der Waals surface area (Å²) in [6, 6.07) is 6.29. The summed E-state index contributed by atoms with van der Waals surface area (Å²) in [7, 11) is 1.50. The summed E-state index contributed by atoms with van der Waals surface area (Å²) in [5.41, 5.74) is 0.585. The summed E-state index contributed by atoms with van der Waals surface area (Å²) >= 11 is 1.07. The minimum atomic E-state index is -1.08. The quantitative estimate of drug-likeness (QED) is 0.907. The molecule has 0 aliphatic carbocycles. The molecule has 7 heteroatoms. The molecule has 1 aromatic heterocycles. The molecule has 0 saturated carbocycles. The summed E-state index contributed by atoms with van der Waals surface area (Å²) in [6.45, 7) is 0. The Morgan fingerprint density at radius 1 is 1.33 bits per heavy atom. The molecule has 92 valence electrons. The first-order valence-electron chi connectivity index (χ1n) is 4.98. The van der Waals surface area contributed by atoms with Gasteiger partial charge in [0.05, 0.1) is 11.3 Å². The summed E-state index contributed by atoms with van der Waals surface area (Å²) in [5.74, 6) is -1.47. The average molecular weight is 263 g/mol. The van der Waals surface area contributed by atoms with Crippen LogP contribution >= 0.6 is 11.5 Å². The number of nitrogens with zero attached hydrogens (tertiary/aromatic N) is 3. The third-order valence-electron chi connectivity index (χ3n) is 2.38. The van der Waals surface area contributed by atoms with E-state index in [1.54, 1.807) is 18.2 Å². The molecule has 6 nitrogen and oxygen atoms in total. The van der Waals surface area contributed by atoms with Crippen LogP contribution in [0.4, 0.5) is 5.69 Å². The van der Waals surface area contributed by atoms with Crippen LogP contribution in [0.15, 0.2) is 29.6 Å². The van der Waals surface area contributed by atoms with Crippen molar-refractivity contribution in [3.05, 3.63) is 40.9 Å². The van der Waals surface area contributed by atoms with Gasteiger partial charge < -0.3 is 10.0 Å². The fraction of sp³-hybridized carbons (Fsp3) is 0.0909. The maximum Gasteiger partial charge on any atom is 0.337 e. The topological polar surface area (TPSA) is 83.4 Å². The molecule has 1 N–H and O–H groups in total. The molecule has 0 atom stereocenters. The van der Waals surface area contributed by atoms with Crippen LogP contribution < -0.4 is 4.90 Å². The second-order valence-electron chi connectivity index (χ2n) is 3.48. The lowest BCUT2D eigenvalue weighted by Crippen LogP contribution is -2.28. The van der Waals surface area contributed by atoms with E-state index in [1.807, 2.05) is 0 Å². The zero-order chi connectivity index (χ0) is 13.1. The average Bonchev–Trinajstić information content (AvgIpc) is 2.90. The normalized spacial score (nSPS) is 10.1. The minimum Gasteiger partial charge on any atom is -0.478 e. The van der Waals surface area contributed by atoms with Gasteiger partial charge in [-0.3, -0.25) is 4.79 Å². The van der Waals surface area contributed by atoms with E-state index in [1.165, 1.54) is 23.4 Å². The number of hydrogen-bond donors (Lipinski definition) is 1. The predicted octanol–water partition coefficient (Wildman–Crippen LogP) is 1.51. The van der Waals surface area contributed by atoms with E-state index in [2.05, 4.69) is 9.59 Å². The SMILES string of the molecule is CN(C(=O)c1csnn1)c1ccccc1C(=O)O. The van der Waals surface area contributed by atoms with E-state index in [9.17, 15) is 9.59 Å². The number of carbonyl (C=O) groups is 2. The first-order chi connectivity index (χ1) is 8.61. The Bertz CT molecular complexity index is 583. The van der Waals surface area contributed by atoms with Crippen LogP contribution in [0.1, 0.15) is 20.8 Å². The number of para-hydroxylation sites is 1. The molecule has 1 heterocycles. The summed E-state index contributed by atoms with van der Waals surface area (Å²) in [5, 5.41) is 14.2. The lowest BCUT2D eigenvalue weighted by Gasteiger charge is -2.17. The van der Waals surface area contributed by atoms with Crippen LogP contribution in [0.25, 0.3) is 0 Å². The molecule has 0 saturated heterocycles. The molecule has 2 aromatic rings. The van der Waals surface area contributed by atoms with E-state index >= 15 is 0 Å². The van der Waals surface area contributed by atoms with Crippen LogP contribution in [0.3, 0.4) is 0 Å². The van der Waals surface area contributed by atoms with Gasteiger partial charge >= 0.3 is 5.97 Å². The maximum absolute atomic E-state index is 12.0. The third kappa shape index (κ3) is 2.21. The van der Waals surface area contributed by atoms with Crippen molar-refractivity contribution in [2.45, 2.75) is 0 Å². The largest absolute Gasteiger partial charge is 0.478 e. The molecule has 1 aromatic carbocycles. The van der Waals surface area contributed by atoms with Gasteiger partial charge in [0.2, 0.25) is 0 Å². The van der Waals surface area contributed by atoms with Crippen molar-refractivity contribution in [3.8, 4) is 0 Å². The fourth-order valence-corrected chi connectivity index (χ4v) is 1.92. The van der Waals surface area contributed by atoms with E-state index in [4.69, 9.17) is 5.11 Å². The predicted molar refractivity (Wildman–Crippen MR) is 66.0 cm³/mol. The van der Waals surface area contributed by atoms with Gasteiger partial charge in [-0.05, 0) is 23.7 Å². The summed E-state index contributed by atoms with van der Waals surface area (Å²) in [4.78, 5) is 24.3. The smallest absolute Gasteiger partial charge is 0.337 e. The van der Waals surface area contributed by atoms with Crippen molar-refractivity contribution in [2.24, 2.45) is 0 Å². The van der Waals surface area contributed by atoms with Crippen molar-refractivity contribution in [1.82, 2.24) is 9.59 Å². The highest BCUT2D eigenvalue weighted by Crippen LogP contribution is 2.20. The number of amides is 1. The lowest BCUT2D eigenvalue weighted by molar-refractivity contribution is 0.0697. The standard InChI is InChI=1S/C11H9N3O3S/c1-14(10(15)8-6-18-13-12-8)9-5-3-2-4-7(9)11(16)17/h2-6H,1H3,(H,16,17). The molecule has 1 amide bonds. The van der Waals surface area contributed by atoms with Gasteiger partial charge in [-0.25, -0.2) is 4.79 Å². The third-order valence-corrected chi connectivity index (χ3v) is 2.88. The molecule has 0 spiro atoms. The van der Waals surface area contributed by atoms with E-state index in [-0.39, 0.29) is 11.3 Å². The van der Waals surface area contributed by atoms with Gasteiger partial charge in [0.25, 0.3) is 5.91 Å². The molecule has 18 heavy (non-hydrogen) atoms. The minimum absolute atomic E-state index is 0.0662. The molecule has 0 unspecified atom stereocenters. The zero-order valence-corrected chi connectivity index (χ0v) is 10.2. The Hall–Kier alpha value is -2.28. The Labute approximate surface area is 107 Å². The fourth-order valence-electron chi connectivity index (χ4n) is 1.49. The number of aromatic carboxylic acids is 1. The number of aromatic nitrogens is 2. The van der Waals surface area contributed by atoms with Gasteiger partial charge in [0.15, 0.2) is 5.69 Å². The van der Waals surface area contributed by atoms with Crippen molar-refractivity contribution in [3.63, 3.8) is 0 Å². The Morgan fingerprint density at radius 3 is 2.67 bits per heavy atom. The number of carboxylic acids is 1. The van der Waals surface area contributed by atoms with Gasteiger partial charge in [-0.1, -0.05) is 16.6 Å². The molecule has 0 fully saturated rings. The van der Waals surface area contributed by atoms with Gasteiger partial charge in [-0.2, -0.15) is 0 Å². The number of carbonyl (C=O) groups excluding carboxylic acids is 1. The number of rotatable bonds is 3. The maximum atomic E-state index is 12.0. The lowest BCUT2D eigenvalue weighted by atomic mass is 10.1. The molecular weight excluding hydrogens is 254 g/mol. The first-order valence-corrected chi connectivity index (χ1v) is 5.82. The van der Waals surface area contributed by atoms with Crippen LogP contribution in [0.5, 0.6) is 0 Å². The highest BCUT2D eigenvalue weighted by atomic mass is 32.1. The van der Waals surface area contributed by atoms with Crippen molar-refractivity contribution < 1.29 is 14.7 Å². The van der Waals surface area contributed by atoms with Gasteiger partial charge in [-0.15, -0.1) is 5.10 Å². The van der Waals surface area contributed by atoms with Gasteiger partial charge in [0, 0.05) is 12.4 Å². The Kier molecular flexibility index (Phi) is 3.33. The van der Waals surface area contributed by atoms with E-state index < -0.39 is 11.9 Å². The monoisotopic (exact) mass is 263 g/mol. The Balaban J connectivity index is 2.37. The Morgan fingerprint density at radius 2 is 2.06 bits per heavy atom. The zero-order valence-electron chi connectivity index (χ0n) is 9.40. The molecule has 0 aliphatic rings. The van der Waals surface area contributed by atoms with Crippen LogP contribution in [0.2, 0.25) is 0 Å². The molecule has 2 rings (SSSR count). The highest BCUT2D eigenvalue weighted by Gasteiger charge is 2.20. The number of carboxylic acid groups (broad SMARTS) is 1. The van der Waals surface area contributed by atoms with Crippen LogP contribution in [0, 0.1) is 0 Å². The molecule has 0 bridgehead atoms. The van der Waals surface area contributed by atoms with Gasteiger partial charge in [0.1, 0.15) is 0 Å².